The average molecular weight is 555 g/mol. The smallest absolute Gasteiger partial charge is 0.147 e. The SMILES string of the molecule is CC1(C)CCCC(C)(C(O)c2ccccc2-c2cn(C(c3ccccc3)(c3ccccc3)c3ccccc3)cn2)C1=O. The van der Waals surface area contributed by atoms with E-state index in [9.17, 15) is 9.90 Å². The third kappa shape index (κ3) is 4.51. The number of benzene rings is 4. The van der Waals surface area contributed by atoms with E-state index in [0.717, 1.165) is 46.4 Å². The minimum atomic E-state index is -0.937. The van der Waals surface area contributed by atoms with Crippen molar-refractivity contribution in [2.24, 2.45) is 10.8 Å². The number of carbonyl (C=O) groups excluding carboxylic acids is 1. The number of imidazole rings is 1. The van der Waals surface area contributed by atoms with Crippen molar-refractivity contribution in [2.45, 2.75) is 51.7 Å². The molecule has 0 spiro atoms. The maximum Gasteiger partial charge on any atom is 0.147 e. The summed E-state index contributed by atoms with van der Waals surface area (Å²) >= 11 is 0. The average Bonchev–Trinajstić information content (AvgIpc) is 3.52. The summed E-state index contributed by atoms with van der Waals surface area (Å²) in [7, 11) is 0. The van der Waals surface area contributed by atoms with Gasteiger partial charge in [-0.2, -0.15) is 0 Å². The number of aliphatic hydroxyl groups excluding tert-OH is 1. The first-order chi connectivity index (χ1) is 20.3. The molecule has 0 aliphatic heterocycles. The zero-order chi connectivity index (χ0) is 29.4. The van der Waals surface area contributed by atoms with Gasteiger partial charge in [0.2, 0.25) is 0 Å². The van der Waals surface area contributed by atoms with Crippen molar-refractivity contribution in [3.8, 4) is 11.3 Å². The molecule has 4 aromatic carbocycles. The molecule has 1 aromatic heterocycles. The Hall–Kier alpha value is -4.28. The number of nitrogens with zero attached hydrogens (tertiary/aromatic N) is 2. The standard InChI is InChI=1S/C38H38N2O2/c1-36(2)24-15-25-37(3,35(36)42)34(41)32-23-14-13-22-31(32)33-26-40(27-39-33)38(28-16-7-4-8-17-28,29-18-9-5-10-19-29)30-20-11-6-12-21-30/h4-14,16-23,26-27,34,41H,15,24-25H2,1-3H3. The van der Waals surface area contributed by atoms with Crippen LogP contribution in [-0.4, -0.2) is 20.4 Å². The van der Waals surface area contributed by atoms with E-state index in [4.69, 9.17) is 4.98 Å². The van der Waals surface area contributed by atoms with Gasteiger partial charge in [-0.05, 0) is 42.0 Å². The highest BCUT2D eigenvalue weighted by Crippen LogP contribution is 2.51. The number of ketones is 1. The van der Waals surface area contributed by atoms with Crippen LogP contribution in [0.25, 0.3) is 11.3 Å². The van der Waals surface area contributed by atoms with Crippen LogP contribution >= 0.6 is 0 Å². The van der Waals surface area contributed by atoms with Crippen LogP contribution in [0, 0.1) is 10.8 Å². The van der Waals surface area contributed by atoms with Gasteiger partial charge in [0.25, 0.3) is 0 Å². The topological polar surface area (TPSA) is 55.1 Å². The fraction of sp³-hybridized carbons (Fsp3) is 0.263. The van der Waals surface area contributed by atoms with E-state index >= 15 is 0 Å². The minimum absolute atomic E-state index is 0.130. The molecule has 5 aromatic rings. The molecule has 4 heteroatoms. The van der Waals surface area contributed by atoms with Gasteiger partial charge >= 0.3 is 0 Å². The summed E-state index contributed by atoms with van der Waals surface area (Å²) in [5.74, 6) is 0.130. The summed E-state index contributed by atoms with van der Waals surface area (Å²) in [6, 6.07) is 39.4. The second-order valence-corrected chi connectivity index (χ2v) is 12.4. The summed E-state index contributed by atoms with van der Waals surface area (Å²) < 4.78 is 2.18. The lowest BCUT2D eigenvalue weighted by atomic mass is 9.60. The monoisotopic (exact) mass is 554 g/mol. The third-order valence-electron chi connectivity index (χ3n) is 9.31. The van der Waals surface area contributed by atoms with E-state index in [1.165, 1.54) is 0 Å². The second-order valence-electron chi connectivity index (χ2n) is 12.4. The molecular formula is C38H38N2O2. The fourth-order valence-electron chi connectivity index (χ4n) is 7.10. The number of carbonyl (C=O) groups is 1. The van der Waals surface area contributed by atoms with Gasteiger partial charge in [0.1, 0.15) is 11.3 Å². The lowest BCUT2D eigenvalue weighted by Crippen LogP contribution is -2.46. The zero-order valence-corrected chi connectivity index (χ0v) is 24.6. The Balaban J connectivity index is 1.53. The molecule has 0 bridgehead atoms. The van der Waals surface area contributed by atoms with Crippen molar-refractivity contribution in [2.75, 3.05) is 0 Å². The predicted molar refractivity (Wildman–Crippen MR) is 168 cm³/mol. The van der Waals surface area contributed by atoms with E-state index in [0.29, 0.717) is 6.42 Å². The maximum absolute atomic E-state index is 13.7. The van der Waals surface area contributed by atoms with Crippen LogP contribution in [0.5, 0.6) is 0 Å². The van der Waals surface area contributed by atoms with Crippen molar-refractivity contribution >= 4 is 5.78 Å². The number of aliphatic hydroxyl groups is 1. The summed E-state index contributed by atoms with van der Waals surface area (Å²) in [6.07, 6.45) is 5.46. The Bertz CT molecular complexity index is 1580. The Morgan fingerprint density at radius 3 is 1.79 bits per heavy atom. The van der Waals surface area contributed by atoms with Gasteiger partial charge < -0.3 is 9.67 Å². The van der Waals surface area contributed by atoms with Crippen molar-refractivity contribution in [3.05, 3.63) is 150 Å². The summed E-state index contributed by atoms with van der Waals surface area (Å²) in [6.45, 7) is 5.94. The molecule has 1 N–H and O–H groups in total. The quantitative estimate of drug-likeness (QED) is 0.206. The molecule has 4 nitrogen and oxygen atoms in total. The first-order valence-corrected chi connectivity index (χ1v) is 14.8. The molecule has 2 unspecified atom stereocenters. The first-order valence-electron chi connectivity index (χ1n) is 14.8. The van der Waals surface area contributed by atoms with Gasteiger partial charge in [-0.15, -0.1) is 0 Å². The van der Waals surface area contributed by atoms with Crippen molar-refractivity contribution in [1.82, 2.24) is 9.55 Å². The molecular weight excluding hydrogens is 516 g/mol. The highest BCUT2D eigenvalue weighted by molar-refractivity contribution is 5.91. The van der Waals surface area contributed by atoms with Gasteiger partial charge in [0.05, 0.1) is 23.5 Å². The van der Waals surface area contributed by atoms with Gasteiger partial charge in [-0.3, -0.25) is 4.79 Å². The number of hydrogen-bond donors (Lipinski definition) is 1. The first kappa shape index (κ1) is 27.9. The lowest BCUT2D eigenvalue weighted by Gasteiger charge is -2.44. The second kappa shape index (κ2) is 10.8. The Morgan fingerprint density at radius 2 is 1.24 bits per heavy atom. The van der Waals surface area contributed by atoms with Crippen LogP contribution in [0.15, 0.2) is 128 Å². The van der Waals surface area contributed by atoms with Crippen LogP contribution in [0.3, 0.4) is 0 Å². The van der Waals surface area contributed by atoms with E-state index in [-0.39, 0.29) is 5.78 Å². The molecule has 0 saturated heterocycles. The molecule has 1 aliphatic rings. The van der Waals surface area contributed by atoms with Gasteiger partial charge in [-0.25, -0.2) is 4.98 Å². The van der Waals surface area contributed by atoms with Gasteiger partial charge in [0.15, 0.2) is 0 Å². The zero-order valence-electron chi connectivity index (χ0n) is 24.6. The van der Waals surface area contributed by atoms with Crippen LogP contribution in [0.2, 0.25) is 0 Å². The molecule has 0 radical (unpaired) electrons. The van der Waals surface area contributed by atoms with Crippen LogP contribution in [0.4, 0.5) is 0 Å². The molecule has 2 atom stereocenters. The number of rotatable bonds is 7. The van der Waals surface area contributed by atoms with Crippen molar-refractivity contribution in [1.29, 1.82) is 0 Å². The molecule has 6 rings (SSSR count). The molecule has 1 saturated carbocycles. The molecule has 1 aliphatic carbocycles. The Kier molecular flexibility index (Phi) is 7.20. The number of Topliss-reactive ketones (excluding diaryl/α,β-unsaturated/α-hetero) is 1. The highest BCUT2D eigenvalue weighted by atomic mass is 16.3. The van der Waals surface area contributed by atoms with Crippen molar-refractivity contribution in [3.63, 3.8) is 0 Å². The summed E-state index contributed by atoms with van der Waals surface area (Å²) in [5, 5.41) is 11.9. The van der Waals surface area contributed by atoms with E-state index in [1.807, 2.05) is 69.6 Å². The predicted octanol–water partition coefficient (Wildman–Crippen LogP) is 8.21. The molecule has 212 valence electrons. The molecule has 0 amide bonds. The molecule has 42 heavy (non-hydrogen) atoms. The van der Waals surface area contributed by atoms with E-state index in [1.54, 1.807) is 0 Å². The van der Waals surface area contributed by atoms with Gasteiger partial charge in [0, 0.05) is 17.2 Å². The fourth-order valence-corrected chi connectivity index (χ4v) is 7.10. The van der Waals surface area contributed by atoms with Crippen LogP contribution in [0.1, 0.15) is 68.4 Å². The van der Waals surface area contributed by atoms with Gasteiger partial charge in [-0.1, -0.05) is 136 Å². The van der Waals surface area contributed by atoms with E-state index < -0.39 is 22.5 Å². The highest BCUT2D eigenvalue weighted by Gasteiger charge is 2.50. The third-order valence-corrected chi connectivity index (χ3v) is 9.31. The largest absolute Gasteiger partial charge is 0.387 e. The molecule has 1 heterocycles. The summed E-state index contributed by atoms with van der Waals surface area (Å²) in [5.41, 5.74) is 3.67. The van der Waals surface area contributed by atoms with E-state index in [2.05, 4.69) is 83.6 Å². The van der Waals surface area contributed by atoms with Crippen molar-refractivity contribution < 1.29 is 9.90 Å². The number of hydrogen-bond acceptors (Lipinski definition) is 3. The maximum atomic E-state index is 13.7. The Morgan fingerprint density at radius 1 is 0.738 bits per heavy atom. The summed E-state index contributed by atoms with van der Waals surface area (Å²) in [4.78, 5) is 18.6. The number of aromatic nitrogens is 2. The minimum Gasteiger partial charge on any atom is -0.387 e. The normalized spacial score (nSPS) is 19.4. The van der Waals surface area contributed by atoms with Crippen LogP contribution < -0.4 is 0 Å². The molecule has 1 fully saturated rings. The Labute approximate surface area is 248 Å². The van der Waals surface area contributed by atoms with Crippen LogP contribution in [-0.2, 0) is 10.3 Å². The lowest BCUT2D eigenvalue weighted by molar-refractivity contribution is -0.149.